The zero-order valence-corrected chi connectivity index (χ0v) is 12.5. The van der Waals surface area contributed by atoms with Crippen LogP contribution in [-0.2, 0) is 4.74 Å². The van der Waals surface area contributed by atoms with Gasteiger partial charge in [-0.25, -0.2) is 9.59 Å². The Labute approximate surface area is 125 Å². The van der Waals surface area contributed by atoms with E-state index in [0.29, 0.717) is 17.2 Å². The van der Waals surface area contributed by atoms with Gasteiger partial charge >= 0.3 is 12.0 Å². The Balaban J connectivity index is 1.86. The highest BCUT2D eigenvalue weighted by Gasteiger charge is 2.20. The summed E-state index contributed by atoms with van der Waals surface area (Å²) in [5.41, 5.74) is 1.12. The third-order valence-electron chi connectivity index (χ3n) is 3.84. The van der Waals surface area contributed by atoms with Gasteiger partial charge in [-0.2, -0.15) is 0 Å². The van der Waals surface area contributed by atoms with Crippen LogP contribution in [0.5, 0.6) is 0 Å². The molecule has 21 heavy (non-hydrogen) atoms. The fourth-order valence-electron chi connectivity index (χ4n) is 2.73. The molecule has 114 valence electrons. The molecule has 0 aliphatic heterocycles. The highest BCUT2D eigenvalue weighted by molar-refractivity contribution is 5.92. The van der Waals surface area contributed by atoms with Crippen LogP contribution in [-0.4, -0.2) is 25.2 Å². The first-order valence-electron chi connectivity index (χ1n) is 7.34. The second kappa shape index (κ2) is 7.11. The number of anilines is 1. The molecule has 1 aromatic carbocycles. The summed E-state index contributed by atoms with van der Waals surface area (Å²) in [6.45, 7) is 2.22. The minimum atomic E-state index is -0.387. The third kappa shape index (κ3) is 4.48. The third-order valence-corrected chi connectivity index (χ3v) is 3.84. The van der Waals surface area contributed by atoms with Crippen LogP contribution in [0.25, 0.3) is 0 Å². The lowest BCUT2D eigenvalue weighted by atomic mass is 9.87. The number of rotatable bonds is 3. The standard InChI is InChI=1S/C16H22N2O3/c1-11-4-3-5-14(10-11)18-16(20)17-13-8-6-12(7-9-13)15(19)21-2/h6-9,11,14H,3-5,10H2,1-2H3,(H2,17,18,20). The summed E-state index contributed by atoms with van der Waals surface area (Å²) < 4.78 is 4.63. The number of carbonyl (C=O) groups excluding carboxylic acids is 2. The molecule has 1 saturated carbocycles. The molecule has 1 aromatic rings. The number of urea groups is 1. The molecule has 1 fully saturated rings. The van der Waals surface area contributed by atoms with Gasteiger partial charge in [-0.1, -0.05) is 19.8 Å². The summed E-state index contributed by atoms with van der Waals surface area (Å²) >= 11 is 0. The topological polar surface area (TPSA) is 67.4 Å². The Morgan fingerprint density at radius 1 is 1.19 bits per heavy atom. The maximum atomic E-state index is 11.9. The Hall–Kier alpha value is -2.04. The number of ether oxygens (including phenoxy) is 1. The molecule has 2 amide bonds. The van der Waals surface area contributed by atoms with Gasteiger partial charge in [-0.05, 0) is 43.0 Å². The second-order valence-electron chi connectivity index (χ2n) is 5.64. The monoisotopic (exact) mass is 290 g/mol. The van der Waals surface area contributed by atoms with Crippen molar-refractivity contribution < 1.29 is 14.3 Å². The van der Waals surface area contributed by atoms with Gasteiger partial charge in [0.15, 0.2) is 0 Å². The Morgan fingerprint density at radius 3 is 2.52 bits per heavy atom. The number of hydrogen-bond donors (Lipinski definition) is 2. The van der Waals surface area contributed by atoms with Gasteiger partial charge in [-0.3, -0.25) is 0 Å². The van der Waals surface area contributed by atoms with E-state index in [9.17, 15) is 9.59 Å². The van der Waals surface area contributed by atoms with Crippen molar-refractivity contribution in [1.82, 2.24) is 5.32 Å². The Morgan fingerprint density at radius 2 is 1.90 bits per heavy atom. The lowest BCUT2D eigenvalue weighted by molar-refractivity contribution is 0.0601. The number of nitrogens with one attached hydrogen (secondary N) is 2. The molecule has 0 bridgehead atoms. The highest BCUT2D eigenvalue weighted by Crippen LogP contribution is 2.23. The highest BCUT2D eigenvalue weighted by atomic mass is 16.5. The number of carbonyl (C=O) groups is 2. The minimum absolute atomic E-state index is 0.195. The van der Waals surface area contributed by atoms with Crippen molar-refractivity contribution in [2.45, 2.75) is 38.6 Å². The minimum Gasteiger partial charge on any atom is -0.465 e. The molecule has 2 unspecified atom stereocenters. The van der Waals surface area contributed by atoms with Crippen molar-refractivity contribution in [3.63, 3.8) is 0 Å². The van der Waals surface area contributed by atoms with Crippen LogP contribution in [0.3, 0.4) is 0 Å². The van der Waals surface area contributed by atoms with E-state index < -0.39 is 0 Å². The van der Waals surface area contributed by atoms with Crippen molar-refractivity contribution in [2.75, 3.05) is 12.4 Å². The van der Waals surface area contributed by atoms with Gasteiger partial charge in [0.05, 0.1) is 12.7 Å². The van der Waals surface area contributed by atoms with Crippen LogP contribution >= 0.6 is 0 Å². The first-order valence-corrected chi connectivity index (χ1v) is 7.34. The molecular weight excluding hydrogens is 268 g/mol. The molecule has 5 nitrogen and oxygen atoms in total. The Kier molecular flexibility index (Phi) is 5.20. The molecule has 0 radical (unpaired) electrons. The van der Waals surface area contributed by atoms with Gasteiger partial charge in [0.25, 0.3) is 0 Å². The molecule has 0 saturated heterocycles. The van der Waals surface area contributed by atoms with Crippen molar-refractivity contribution in [3.8, 4) is 0 Å². The van der Waals surface area contributed by atoms with Crippen LogP contribution in [0.4, 0.5) is 10.5 Å². The van der Waals surface area contributed by atoms with Gasteiger partial charge in [0, 0.05) is 11.7 Å². The first kappa shape index (κ1) is 15.4. The molecule has 0 heterocycles. The maximum absolute atomic E-state index is 11.9. The number of benzene rings is 1. The summed E-state index contributed by atoms with van der Waals surface area (Å²) in [5, 5.41) is 5.79. The molecule has 1 aliphatic carbocycles. The van der Waals surface area contributed by atoms with E-state index in [1.54, 1.807) is 24.3 Å². The lowest BCUT2D eigenvalue weighted by Gasteiger charge is -2.27. The van der Waals surface area contributed by atoms with E-state index in [1.807, 2.05) is 0 Å². The van der Waals surface area contributed by atoms with Crippen molar-refractivity contribution in [3.05, 3.63) is 29.8 Å². The summed E-state index contributed by atoms with van der Waals surface area (Å²) in [7, 11) is 1.34. The molecule has 5 heteroatoms. The molecule has 0 spiro atoms. The normalized spacial score (nSPS) is 21.4. The summed E-state index contributed by atoms with van der Waals surface area (Å²) in [5.74, 6) is 0.283. The molecule has 1 aliphatic rings. The lowest BCUT2D eigenvalue weighted by Crippen LogP contribution is -2.40. The van der Waals surface area contributed by atoms with Crippen molar-refractivity contribution >= 4 is 17.7 Å². The van der Waals surface area contributed by atoms with Crippen LogP contribution in [0.1, 0.15) is 43.0 Å². The van der Waals surface area contributed by atoms with Crippen LogP contribution in [0.15, 0.2) is 24.3 Å². The quantitative estimate of drug-likeness (QED) is 0.840. The Bertz CT molecular complexity index is 499. The van der Waals surface area contributed by atoms with E-state index >= 15 is 0 Å². The summed E-state index contributed by atoms with van der Waals surface area (Å²) in [6, 6.07) is 6.70. The second-order valence-corrected chi connectivity index (χ2v) is 5.64. The predicted molar refractivity (Wildman–Crippen MR) is 81.4 cm³/mol. The van der Waals surface area contributed by atoms with Crippen molar-refractivity contribution in [1.29, 1.82) is 0 Å². The smallest absolute Gasteiger partial charge is 0.337 e. The largest absolute Gasteiger partial charge is 0.465 e. The van der Waals surface area contributed by atoms with E-state index in [-0.39, 0.29) is 18.0 Å². The molecule has 2 atom stereocenters. The fourth-order valence-corrected chi connectivity index (χ4v) is 2.73. The van der Waals surface area contributed by atoms with Gasteiger partial charge in [-0.15, -0.1) is 0 Å². The fraction of sp³-hybridized carbons (Fsp3) is 0.500. The van der Waals surface area contributed by atoms with Gasteiger partial charge in [0.2, 0.25) is 0 Å². The van der Waals surface area contributed by atoms with Crippen LogP contribution < -0.4 is 10.6 Å². The summed E-state index contributed by atoms with van der Waals surface area (Å²) in [6.07, 6.45) is 4.49. The molecular formula is C16H22N2O3. The van der Waals surface area contributed by atoms with E-state index in [4.69, 9.17) is 0 Å². The molecule has 2 rings (SSSR count). The zero-order chi connectivity index (χ0) is 15.2. The number of methoxy groups -OCH3 is 1. The molecule has 2 N–H and O–H groups in total. The van der Waals surface area contributed by atoms with Crippen molar-refractivity contribution in [2.24, 2.45) is 5.92 Å². The predicted octanol–water partition coefficient (Wildman–Crippen LogP) is 3.17. The average molecular weight is 290 g/mol. The van der Waals surface area contributed by atoms with Crippen LogP contribution in [0.2, 0.25) is 0 Å². The van der Waals surface area contributed by atoms with E-state index in [0.717, 1.165) is 12.8 Å². The van der Waals surface area contributed by atoms with Gasteiger partial charge < -0.3 is 15.4 Å². The zero-order valence-electron chi connectivity index (χ0n) is 12.5. The number of esters is 1. The number of amides is 2. The van der Waals surface area contributed by atoms with Crippen LogP contribution in [0, 0.1) is 5.92 Å². The average Bonchev–Trinajstić information content (AvgIpc) is 2.47. The molecule has 0 aromatic heterocycles. The first-order chi connectivity index (χ1) is 10.1. The maximum Gasteiger partial charge on any atom is 0.337 e. The number of hydrogen-bond acceptors (Lipinski definition) is 3. The SMILES string of the molecule is COC(=O)c1ccc(NC(=O)NC2CCCC(C)C2)cc1. The summed E-state index contributed by atoms with van der Waals surface area (Å²) in [4.78, 5) is 23.3. The van der Waals surface area contributed by atoms with E-state index in [2.05, 4.69) is 22.3 Å². The van der Waals surface area contributed by atoms with Gasteiger partial charge in [0.1, 0.15) is 0 Å². The van der Waals surface area contributed by atoms with E-state index in [1.165, 1.54) is 20.0 Å².